The molecule has 2 heteroatoms. The summed E-state index contributed by atoms with van der Waals surface area (Å²) in [5.74, 6) is 0. The molecule has 0 spiro atoms. The van der Waals surface area contributed by atoms with E-state index in [4.69, 9.17) is 5.10 Å². The van der Waals surface area contributed by atoms with Gasteiger partial charge < -0.3 is 0 Å². The van der Waals surface area contributed by atoms with Crippen LogP contribution in [0, 0.1) is 0 Å². The molecule has 1 aliphatic rings. The van der Waals surface area contributed by atoms with Gasteiger partial charge >= 0.3 is 0 Å². The van der Waals surface area contributed by atoms with Gasteiger partial charge in [0.2, 0.25) is 0 Å². The third-order valence-electron chi connectivity index (χ3n) is 4.58. The monoisotopic (exact) mass is 280 g/mol. The first-order valence-corrected chi connectivity index (χ1v) is 7.98. The van der Waals surface area contributed by atoms with E-state index in [-0.39, 0.29) is 0 Å². The Bertz CT molecular complexity index is 649. The van der Waals surface area contributed by atoms with Gasteiger partial charge in [-0.3, -0.25) is 5.01 Å². The number of benzene rings is 2. The molecule has 2 unspecified atom stereocenters. The Morgan fingerprint density at radius 2 is 1.67 bits per heavy atom. The summed E-state index contributed by atoms with van der Waals surface area (Å²) in [5.41, 5.74) is 2.33. The number of hydrogen-bond donors (Lipinski definition) is 0. The lowest BCUT2D eigenvalue weighted by molar-refractivity contribution is 0.108. The van der Waals surface area contributed by atoms with E-state index < -0.39 is 0 Å². The number of fused-ring (bicyclic) bond motifs is 1. The van der Waals surface area contributed by atoms with E-state index in [9.17, 15) is 0 Å². The van der Waals surface area contributed by atoms with Gasteiger partial charge in [0.05, 0.1) is 5.71 Å². The van der Waals surface area contributed by atoms with E-state index in [2.05, 4.69) is 68.2 Å². The van der Waals surface area contributed by atoms with Crippen molar-refractivity contribution in [3.8, 4) is 0 Å². The number of piperidine rings is 1. The van der Waals surface area contributed by atoms with Gasteiger partial charge in [-0.05, 0) is 62.4 Å². The molecule has 110 valence electrons. The van der Waals surface area contributed by atoms with Crippen LogP contribution in [0.4, 0.5) is 0 Å². The molecule has 2 aromatic rings. The second kappa shape index (κ2) is 5.88. The fraction of sp³-hybridized carbons (Fsp3) is 0.421. The molecule has 1 fully saturated rings. The van der Waals surface area contributed by atoms with Crippen molar-refractivity contribution in [1.82, 2.24) is 5.01 Å². The van der Waals surface area contributed by atoms with Crippen LogP contribution in [0.3, 0.4) is 0 Å². The lowest BCUT2D eigenvalue weighted by atomic mass is 10.00. The Kier molecular flexibility index (Phi) is 3.96. The predicted octanol–water partition coefficient (Wildman–Crippen LogP) is 4.83. The third-order valence-corrected chi connectivity index (χ3v) is 4.58. The highest BCUT2D eigenvalue weighted by Crippen LogP contribution is 2.24. The molecule has 0 radical (unpaired) electrons. The van der Waals surface area contributed by atoms with Crippen molar-refractivity contribution in [1.29, 1.82) is 0 Å². The first kappa shape index (κ1) is 14.1. The standard InChI is InChI=1S/C19H24N2/c1-14-7-6-8-15(2)21(14)20-16(3)18-12-11-17-9-4-5-10-19(17)13-18/h4-5,9-15H,6-8H2,1-3H3. The molecule has 0 aromatic heterocycles. The van der Waals surface area contributed by atoms with Gasteiger partial charge in [0.15, 0.2) is 0 Å². The predicted molar refractivity (Wildman–Crippen MR) is 90.8 cm³/mol. The van der Waals surface area contributed by atoms with Crippen LogP contribution in [-0.4, -0.2) is 22.8 Å². The number of hydrogen-bond acceptors (Lipinski definition) is 2. The topological polar surface area (TPSA) is 15.6 Å². The lowest BCUT2D eigenvalue weighted by Crippen LogP contribution is -2.40. The summed E-state index contributed by atoms with van der Waals surface area (Å²) >= 11 is 0. The van der Waals surface area contributed by atoms with Crippen LogP contribution in [0.1, 0.15) is 45.6 Å². The van der Waals surface area contributed by atoms with Crippen LogP contribution in [0.25, 0.3) is 10.8 Å². The van der Waals surface area contributed by atoms with E-state index in [0.29, 0.717) is 12.1 Å². The average Bonchev–Trinajstić information content (AvgIpc) is 2.50. The average molecular weight is 280 g/mol. The van der Waals surface area contributed by atoms with Gasteiger partial charge in [0.25, 0.3) is 0 Å². The van der Waals surface area contributed by atoms with Crippen LogP contribution in [-0.2, 0) is 0 Å². The first-order valence-electron chi connectivity index (χ1n) is 7.98. The van der Waals surface area contributed by atoms with Crippen molar-refractivity contribution in [2.75, 3.05) is 0 Å². The van der Waals surface area contributed by atoms with Crippen LogP contribution in [0.5, 0.6) is 0 Å². The summed E-state index contributed by atoms with van der Waals surface area (Å²) in [7, 11) is 0. The Balaban J connectivity index is 1.91. The van der Waals surface area contributed by atoms with Crippen molar-refractivity contribution in [3.63, 3.8) is 0 Å². The summed E-state index contributed by atoms with van der Waals surface area (Å²) in [6.07, 6.45) is 3.82. The zero-order chi connectivity index (χ0) is 14.8. The molecule has 1 heterocycles. The number of hydrazone groups is 1. The molecular formula is C19H24N2. The molecule has 3 rings (SSSR count). The molecule has 21 heavy (non-hydrogen) atoms. The minimum atomic E-state index is 0.546. The summed E-state index contributed by atoms with van der Waals surface area (Å²) in [5, 5.41) is 9.79. The fourth-order valence-electron chi connectivity index (χ4n) is 3.25. The zero-order valence-corrected chi connectivity index (χ0v) is 13.2. The lowest BCUT2D eigenvalue weighted by Gasteiger charge is -2.37. The molecule has 2 aromatic carbocycles. The van der Waals surface area contributed by atoms with Crippen molar-refractivity contribution >= 4 is 16.5 Å². The van der Waals surface area contributed by atoms with Crippen LogP contribution in [0.2, 0.25) is 0 Å². The Morgan fingerprint density at radius 3 is 2.38 bits per heavy atom. The van der Waals surface area contributed by atoms with E-state index >= 15 is 0 Å². The Morgan fingerprint density at radius 1 is 1.00 bits per heavy atom. The molecule has 0 N–H and O–H groups in total. The van der Waals surface area contributed by atoms with Gasteiger partial charge in [0.1, 0.15) is 0 Å². The molecular weight excluding hydrogens is 256 g/mol. The van der Waals surface area contributed by atoms with E-state index in [1.807, 2.05) is 0 Å². The largest absolute Gasteiger partial charge is 0.291 e. The van der Waals surface area contributed by atoms with E-state index in [1.54, 1.807) is 0 Å². The highest BCUT2D eigenvalue weighted by molar-refractivity contribution is 6.01. The summed E-state index contributed by atoms with van der Waals surface area (Å²) in [6.45, 7) is 6.69. The van der Waals surface area contributed by atoms with Gasteiger partial charge in [0, 0.05) is 12.1 Å². The van der Waals surface area contributed by atoms with Crippen LogP contribution < -0.4 is 0 Å². The molecule has 1 aliphatic heterocycles. The van der Waals surface area contributed by atoms with Gasteiger partial charge in [-0.2, -0.15) is 5.10 Å². The smallest absolute Gasteiger partial charge is 0.0647 e. The van der Waals surface area contributed by atoms with E-state index in [1.165, 1.54) is 35.6 Å². The first-order chi connectivity index (χ1) is 10.1. The van der Waals surface area contributed by atoms with Crippen molar-refractivity contribution in [3.05, 3.63) is 48.0 Å². The molecule has 2 nitrogen and oxygen atoms in total. The van der Waals surface area contributed by atoms with Gasteiger partial charge in [-0.15, -0.1) is 0 Å². The second-order valence-corrected chi connectivity index (χ2v) is 6.26. The maximum absolute atomic E-state index is 4.93. The fourth-order valence-corrected chi connectivity index (χ4v) is 3.25. The zero-order valence-electron chi connectivity index (χ0n) is 13.2. The highest BCUT2D eigenvalue weighted by atomic mass is 15.5. The molecule has 0 bridgehead atoms. The van der Waals surface area contributed by atoms with Crippen molar-refractivity contribution in [2.45, 2.75) is 52.1 Å². The van der Waals surface area contributed by atoms with Gasteiger partial charge in [-0.1, -0.05) is 36.4 Å². The molecule has 2 atom stereocenters. The minimum Gasteiger partial charge on any atom is -0.291 e. The van der Waals surface area contributed by atoms with Gasteiger partial charge in [-0.25, -0.2) is 0 Å². The summed E-state index contributed by atoms with van der Waals surface area (Å²) < 4.78 is 0. The molecule has 0 saturated carbocycles. The Labute approximate surface area is 127 Å². The molecule has 1 saturated heterocycles. The maximum Gasteiger partial charge on any atom is 0.0647 e. The summed E-state index contributed by atoms with van der Waals surface area (Å²) in [4.78, 5) is 0. The Hall–Kier alpha value is -1.83. The molecule has 0 aliphatic carbocycles. The number of nitrogens with zero attached hydrogens (tertiary/aromatic N) is 2. The quantitative estimate of drug-likeness (QED) is 0.720. The second-order valence-electron chi connectivity index (χ2n) is 6.26. The van der Waals surface area contributed by atoms with E-state index in [0.717, 1.165) is 5.71 Å². The van der Waals surface area contributed by atoms with Crippen LogP contribution in [0.15, 0.2) is 47.6 Å². The SMILES string of the molecule is CC(=NN1C(C)CCCC1C)c1ccc2ccccc2c1. The van der Waals surface area contributed by atoms with Crippen LogP contribution >= 0.6 is 0 Å². The maximum atomic E-state index is 4.93. The van der Waals surface area contributed by atoms with Crippen molar-refractivity contribution in [2.24, 2.45) is 5.10 Å². The highest BCUT2D eigenvalue weighted by Gasteiger charge is 2.23. The normalized spacial score (nSPS) is 23.6. The van der Waals surface area contributed by atoms with Crippen molar-refractivity contribution < 1.29 is 0 Å². The summed E-state index contributed by atoms with van der Waals surface area (Å²) in [6, 6.07) is 16.2. The number of rotatable bonds is 2. The molecule has 0 amide bonds. The minimum absolute atomic E-state index is 0.546. The third kappa shape index (κ3) is 2.94.